The van der Waals surface area contributed by atoms with Gasteiger partial charge in [0.1, 0.15) is 0 Å². The molecule has 0 amide bonds. The minimum atomic E-state index is 0.189. The summed E-state index contributed by atoms with van der Waals surface area (Å²) in [6, 6.07) is 0. The molecule has 1 heterocycles. The SMILES string of the molecule is C=CC1=C(C=C)C(C)OCC1. The quantitative estimate of drug-likeness (QED) is 0.587. The van der Waals surface area contributed by atoms with E-state index in [9.17, 15) is 0 Å². The molecule has 0 bridgehead atoms. The van der Waals surface area contributed by atoms with Crippen molar-refractivity contribution in [2.45, 2.75) is 19.4 Å². The maximum Gasteiger partial charge on any atom is 0.0799 e. The van der Waals surface area contributed by atoms with Gasteiger partial charge in [0.2, 0.25) is 0 Å². The highest BCUT2D eigenvalue weighted by Gasteiger charge is 2.14. The second-order valence-electron chi connectivity index (χ2n) is 2.65. The fourth-order valence-electron chi connectivity index (χ4n) is 1.36. The highest BCUT2D eigenvalue weighted by atomic mass is 16.5. The summed E-state index contributed by atoms with van der Waals surface area (Å²) in [5.41, 5.74) is 2.46. The largest absolute Gasteiger partial charge is 0.373 e. The van der Waals surface area contributed by atoms with Crippen molar-refractivity contribution in [2.75, 3.05) is 6.61 Å². The van der Waals surface area contributed by atoms with Crippen molar-refractivity contribution >= 4 is 0 Å². The third-order valence-corrected chi connectivity index (χ3v) is 2.01. The minimum Gasteiger partial charge on any atom is -0.373 e. The summed E-state index contributed by atoms with van der Waals surface area (Å²) in [6.45, 7) is 10.3. The van der Waals surface area contributed by atoms with Gasteiger partial charge in [-0.2, -0.15) is 0 Å². The van der Waals surface area contributed by atoms with Crippen LogP contribution in [0.3, 0.4) is 0 Å². The van der Waals surface area contributed by atoms with Gasteiger partial charge in [0.25, 0.3) is 0 Å². The normalized spacial score (nSPS) is 25.0. The van der Waals surface area contributed by atoms with Crippen molar-refractivity contribution < 1.29 is 4.74 Å². The van der Waals surface area contributed by atoms with E-state index < -0.39 is 0 Å². The number of hydrogen-bond donors (Lipinski definition) is 0. The Morgan fingerprint density at radius 3 is 2.64 bits per heavy atom. The van der Waals surface area contributed by atoms with Crippen molar-refractivity contribution in [2.24, 2.45) is 0 Å². The van der Waals surface area contributed by atoms with Gasteiger partial charge in [-0.15, -0.1) is 0 Å². The van der Waals surface area contributed by atoms with E-state index in [4.69, 9.17) is 4.74 Å². The predicted molar refractivity (Wildman–Crippen MR) is 47.5 cm³/mol. The van der Waals surface area contributed by atoms with Gasteiger partial charge in [-0.3, -0.25) is 0 Å². The number of hydrogen-bond acceptors (Lipinski definition) is 1. The zero-order chi connectivity index (χ0) is 8.27. The van der Waals surface area contributed by atoms with Crippen LogP contribution in [0.1, 0.15) is 13.3 Å². The molecule has 0 aromatic carbocycles. The summed E-state index contributed by atoms with van der Waals surface area (Å²) in [6.07, 6.45) is 4.92. The fraction of sp³-hybridized carbons (Fsp3) is 0.400. The molecule has 0 aromatic rings. The van der Waals surface area contributed by atoms with Crippen molar-refractivity contribution in [3.05, 3.63) is 36.5 Å². The molecule has 11 heavy (non-hydrogen) atoms. The summed E-state index contributed by atoms with van der Waals surface area (Å²) >= 11 is 0. The van der Waals surface area contributed by atoms with E-state index >= 15 is 0 Å². The third-order valence-electron chi connectivity index (χ3n) is 2.01. The second kappa shape index (κ2) is 3.54. The average Bonchev–Trinajstić information content (AvgIpc) is 2.04. The van der Waals surface area contributed by atoms with Gasteiger partial charge in [0.05, 0.1) is 12.7 Å². The highest BCUT2D eigenvalue weighted by Crippen LogP contribution is 2.22. The summed E-state index contributed by atoms with van der Waals surface area (Å²) < 4.78 is 5.44. The van der Waals surface area contributed by atoms with Gasteiger partial charge in [-0.05, 0) is 24.5 Å². The Hall–Kier alpha value is -0.820. The van der Waals surface area contributed by atoms with Crippen LogP contribution in [0.15, 0.2) is 36.5 Å². The number of allylic oxidation sites excluding steroid dienone is 1. The summed E-state index contributed by atoms with van der Waals surface area (Å²) in [5, 5.41) is 0. The lowest BCUT2D eigenvalue weighted by Gasteiger charge is -2.22. The van der Waals surface area contributed by atoms with Gasteiger partial charge < -0.3 is 4.74 Å². The lowest BCUT2D eigenvalue weighted by Crippen LogP contribution is -2.18. The van der Waals surface area contributed by atoms with Crippen LogP contribution in [0, 0.1) is 0 Å². The maximum atomic E-state index is 5.44. The van der Waals surface area contributed by atoms with E-state index in [1.807, 2.05) is 19.1 Å². The maximum absolute atomic E-state index is 5.44. The zero-order valence-electron chi connectivity index (χ0n) is 6.97. The van der Waals surface area contributed by atoms with Crippen LogP contribution >= 0.6 is 0 Å². The summed E-state index contributed by atoms with van der Waals surface area (Å²) in [4.78, 5) is 0. The van der Waals surface area contributed by atoms with Crippen LogP contribution in [0.5, 0.6) is 0 Å². The third kappa shape index (κ3) is 1.60. The van der Waals surface area contributed by atoms with Crippen LogP contribution in [0.2, 0.25) is 0 Å². The molecule has 0 radical (unpaired) electrons. The number of rotatable bonds is 2. The Kier molecular flexibility index (Phi) is 2.66. The molecule has 0 aromatic heterocycles. The Bertz CT molecular complexity index is 201. The smallest absolute Gasteiger partial charge is 0.0799 e. The molecule has 1 aliphatic rings. The molecule has 1 unspecified atom stereocenters. The van der Waals surface area contributed by atoms with E-state index in [-0.39, 0.29) is 6.10 Å². The van der Waals surface area contributed by atoms with Gasteiger partial charge >= 0.3 is 0 Å². The molecule has 1 aliphatic heterocycles. The molecule has 0 fully saturated rings. The lowest BCUT2D eigenvalue weighted by molar-refractivity contribution is 0.0836. The zero-order valence-corrected chi connectivity index (χ0v) is 6.97. The molecule has 1 atom stereocenters. The molecule has 0 saturated heterocycles. The van der Waals surface area contributed by atoms with Crippen LogP contribution in [-0.4, -0.2) is 12.7 Å². The van der Waals surface area contributed by atoms with E-state index in [1.165, 1.54) is 11.1 Å². The molecule has 0 aliphatic carbocycles. The first-order valence-electron chi connectivity index (χ1n) is 3.89. The second-order valence-corrected chi connectivity index (χ2v) is 2.65. The molecular formula is C10H14O. The van der Waals surface area contributed by atoms with E-state index in [1.54, 1.807) is 0 Å². The van der Waals surface area contributed by atoms with Gasteiger partial charge in [-0.25, -0.2) is 0 Å². The molecule has 1 nitrogen and oxygen atoms in total. The Morgan fingerprint density at radius 2 is 2.18 bits per heavy atom. The van der Waals surface area contributed by atoms with Crippen molar-refractivity contribution in [3.63, 3.8) is 0 Å². The van der Waals surface area contributed by atoms with Crippen LogP contribution in [-0.2, 0) is 4.74 Å². The van der Waals surface area contributed by atoms with Gasteiger partial charge in [-0.1, -0.05) is 25.3 Å². The monoisotopic (exact) mass is 150 g/mol. The van der Waals surface area contributed by atoms with E-state index in [2.05, 4.69) is 13.2 Å². The first-order chi connectivity index (χ1) is 5.29. The number of ether oxygens (including phenoxy) is 1. The molecule has 0 spiro atoms. The van der Waals surface area contributed by atoms with Crippen LogP contribution in [0.25, 0.3) is 0 Å². The van der Waals surface area contributed by atoms with Crippen molar-refractivity contribution in [1.29, 1.82) is 0 Å². The minimum absolute atomic E-state index is 0.189. The Morgan fingerprint density at radius 1 is 1.45 bits per heavy atom. The average molecular weight is 150 g/mol. The van der Waals surface area contributed by atoms with Gasteiger partial charge in [0.15, 0.2) is 0 Å². The molecule has 60 valence electrons. The first kappa shape index (κ1) is 8.28. The van der Waals surface area contributed by atoms with E-state index in [0.717, 1.165) is 13.0 Å². The molecule has 0 saturated carbocycles. The fourth-order valence-corrected chi connectivity index (χ4v) is 1.36. The summed E-state index contributed by atoms with van der Waals surface area (Å²) in [5.74, 6) is 0. The van der Waals surface area contributed by atoms with Crippen LogP contribution in [0.4, 0.5) is 0 Å². The summed E-state index contributed by atoms with van der Waals surface area (Å²) in [7, 11) is 0. The van der Waals surface area contributed by atoms with Crippen LogP contribution < -0.4 is 0 Å². The Labute approximate surface area is 68.1 Å². The van der Waals surface area contributed by atoms with Gasteiger partial charge in [0, 0.05) is 0 Å². The van der Waals surface area contributed by atoms with Crippen molar-refractivity contribution in [1.82, 2.24) is 0 Å². The van der Waals surface area contributed by atoms with Crippen molar-refractivity contribution in [3.8, 4) is 0 Å². The predicted octanol–water partition coefficient (Wildman–Crippen LogP) is 2.46. The first-order valence-corrected chi connectivity index (χ1v) is 3.89. The van der Waals surface area contributed by atoms with E-state index in [0.29, 0.717) is 0 Å². The standard InChI is InChI=1S/C10H14O/c1-4-9-6-7-11-8(3)10(9)5-2/h4-5,8H,1-2,6-7H2,3H3. The molecule has 1 heteroatoms. The topological polar surface area (TPSA) is 9.23 Å². The lowest BCUT2D eigenvalue weighted by atomic mass is 9.99. The highest BCUT2D eigenvalue weighted by molar-refractivity contribution is 5.35. The molecule has 0 N–H and O–H groups in total. The molecular weight excluding hydrogens is 136 g/mol. The molecule has 1 rings (SSSR count). The Balaban J connectivity index is 2.94.